The van der Waals surface area contributed by atoms with Gasteiger partial charge in [-0.1, -0.05) is 6.07 Å². The van der Waals surface area contributed by atoms with E-state index in [4.69, 9.17) is 0 Å². The molecule has 0 aliphatic heterocycles. The van der Waals surface area contributed by atoms with Gasteiger partial charge in [-0.15, -0.1) is 11.3 Å². The van der Waals surface area contributed by atoms with Crippen molar-refractivity contribution >= 4 is 11.3 Å². The molecule has 0 radical (unpaired) electrons. The van der Waals surface area contributed by atoms with Crippen LogP contribution < -0.4 is 5.32 Å². The SMILES string of the molecule is C=C(NCc1cccs1)[N+](=O)[O-]. The lowest BCUT2D eigenvalue weighted by Gasteiger charge is -1.98. The van der Waals surface area contributed by atoms with Crippen molar-refractivity contribution in [2.24, 2.45) is 0 Å². The van der Waals surface area contributed by atoms with Gasteiger partial charge in [0, 0.05) is 4.88 Å². The summed E-state index contributed by atoms with van der Waals surface area (Å²) < 4.78 is 0. The van der Waals surface area contributed by atoms with E-state index in [1.807, 2.05) is 17.5 Å². The molecule has 0 atom stereocenters. The first kappa shape index (κ1) is 8.73. The Bertz CT molecular complexity index is 282. The van der Waals surface area contributed by atoms with Crippen LogP contribution in [0.2, 0.25) is 0 Å². The number of nitro groups is 1. The number of thiophene rings is 1. The maximum Gasteiger partial charge on any atom is 0.309 e. The predicted molar refractivity (Wildman–Crippen MR) is 47.3 cm³/mol. The van der Waals surface area contributed by atoms with Crippen LogP contribution in [0.4, 0.5) is 0 Å². The second kappa shape index (κ2) is 3.87. The molecule has 0 bridgehead atoms. The zero-order valence-corrected chi connectivity index (χ0v) is 7.13. The molecular formula is C7H8N2O2S. The van der Waals surface area contributed by atoms with E-state index in [0.717, 1.165) is 4.88 Å². The van der Waals surface area contributed by atoms with Crippen molar-refractivity contribution in [3.05, 3.63) is 44.9 Å². The Kier molecular flexibility index (Phi) is 2.82. The Morgan fingerprint density at radius 3 is 3.08 bits per heavy atom. The zero-order chi connectivity index (χ0) is 8.97. The van der Waals surface area contributed by atoms with Crippen LogP contribution in [0.5, 0.6) is 0 Å². The second-order valence-corrected chi connectivity index (χ2v) is 3.17. The summed E-state index contributed by atoms with van der Waals surface area (Å²) in [5, 5.41) is 14.6. The highest BCUT2D eigenvalue weighted by atomic mass is 32.1. The zero-order valence-electron chi connectivity index (χ0n) is 6.32. The Hall–Kier alpha value is -1.36. The summed E-state index contributed by atoms with van der Waals surface area (Å²) >= 11 is 1.55. The summed E-state index contributed by atoms with van der Waals surface area (Å²) in [5.41, 5.74) is 0. The molecule has 0 aliphatic carbocycles. The average molecular weight is 184 g/mol. The summed E-state index contributed by atoms with van der Waals surface area (Å²) in [4.78, 5) is 10.6. The van der Waals surface area contributed by atoms with E-state index in [0.29, 0.717) is 6.54 Å². The van der Waals surface area contributed by atoms with E-state index in [2.05, 4.69) is 11.9 Å². The number of nitrogens with one attached hydrogen (secondary N) is 1. The molecule has 1 aromatic rings. The predicted octanol–water partition coefficient (Wildman–Crippen LogP) is 1.59. The molecular weight excluding hydrogens is 176 g/mol. The van der Waals surface area contributed by atoms with Crippen molar-refractivity contribution in [2.75, 3.05) is 0 Å². The quantitative estimate of drug-likeness (QED) is 0.571. The number of rotatable bonds is 4. The van der Waals surface area contributed by atoms with Crippen molar-refractivity contribution in [3.8, 4) is 0 Å². The first-order chi connectivity index (χ1) is 5.70. The van der Waals surface area contributed by atoms with E-state index in [9.17, 15) is 10.1 Å². The van der Waals surface area contributed by atoms with Crippen molar-refractivity contribution < 1.29 is 4.92 Å². The fourth-order valence-electron chi connectivity index (χ4n) is 0.667. The van der Waals surface area contributed by atoms with Crippen LogP contribution in [0.1, 0.15) is 4.88 Å². The molecule has 1 N–H and O–H groups in total. The normalized spacial score (nSPS) is 9.33. The molecule has 64 valence electrons. The molecule has 1 heterocycles. The Morgan fingerprint density at radius 2 is 2.58 bits per heavy atom. The van der Waals surface area contributed by atoms with Gasteiger partial charge in [0.05, 0.1) is 0 Å². The molecule has 0 aliphatic rings. The number of hydrogen-bond donors (Lipinski definition) is 1. The van der Waals surface area contributed by atoms with Crippen LogP contribution in [-0.4, -0.2) is 4.92 Å². The van der Waals surface area contributed by atoms with E-state index >= 15 is 0 Å². The highest BCUT2D eigenvalue weighted by Crippen LogP contribution is 2.07. The lowest BCUT2D eigenvalue weighted by Crippen LogP contribution is -2.17. The number of hydrogen-bond acceptors (Lipinski definition) is 4. The summed E-state index contributed by atoms with van der Waals surface area (Å²) in [6.45, 7) is 3.72. The summed E-state index contributed by atoms with van der Waals surface area (Å²) in [7, 11) is 0. The smallest absolute Gasteiger partial charge is 0.309 e. The van der Waals surface area contributed by atoms with Crippen molar-refractivity contribution in [1.82, 2.24) is 5.32 Å². The standard InChI is InChI=1S/C7H8N2O2S/c1-6(9(10)11)8-5-7-3-2-4-12-7/h2-4,8H,1,5H2. The molecule has 1 aromatic heterocycles. The molecule has 5 heteroatoms. The van der Waals surface area contributed by atoms with Gasteiger partial charge in [-0.2, -0.15) is 0 Å². The topological polar surface area (TPSA) is 55.2 Å². The van der Waals surface area contributed by atoms with Gasteiger partial charge in [0.1, 0.15) is 6.54 Å². The van der Waals surface area contributed by atoms with Gasteiger partial charge < -0.3 is 10.1 Å². The van der Waals surface area contributed by atoms with Crippen LogP contribution in [0.25, 0.3) is 0 Å². The summed E-state index contributed by atoms with van der Waals surface area (Å²) in [5.74, 6) is -0.164. The third-order valence-corrected chi connectivity index (χ3v) is 2.14. The van der Waals surface area contributed by atoms with Crippen molar-refractivity contribution in [1.29, 1.82) is 0 Å². The highest BCUT2D eigenvalue weighted by molar-refractivity contribution is 7.09. The highest BCUT2D eigenvalue weighted by Gasteiger charge is 2.03. The first-order valence-corrected chi connectivity index (χ1v) is 4.17. The third-order valence-electron chi connectivity index (χ3n) is 1.27. The minimum atomic E-state index is -0.534. The Labute approximate surface area is 73.7 Å². The summed E-state index contributed by atoms with van der Waals surface area (Å²) in [6, 6.07) is 3.81. The van der Waals surface area contributed by atoms with Crippen LogP contribution >= 0.6 is 11.3 Å². The average Bonchev–Trinajstić information content (AvgIpc) is 2.51. The molecule has 0 spiro atoms. The first-order valence-electron chi connectivity index (χ1n) is 3.29. The fraction of sp³-hybridized carbons (Fsp3) is 0.143. The van der Waals surface area contributed by atoms with Crippen LogP contribution in [-0.2, 0) is 6.54 Å². The third kappa shape index (κ3) is 2.35. The fourth-order valence-corrected chi connectivity index (χ4v) is 1.31. The molecule has 0 saturated heterocycles. The van der Waals surface area contributed by atoms with Gasteiger partial charge in [0.15, 0.2) is 0 Å². The van der Waals surface area contributed by atoms with Gasteiger partial charge in [0.2, 0.25) is 0 Å². The molecule has 0 aromatic carbocycles. The second-order valence-electron chi connectivity index (χ2n) is 2.14. The number of nitrogens with zero attached hydrogens (tertiary/aromatic N) is 1. The van der Waals surface area contributed by atoms with Gasteiger partial charge >= 0.3 is 5.82 Å². The van der Waals surface area contributed by atoms with Gasteiger partial charge in [0.25, 0.3) is 0 Å². The molecule has 0 unspecified atom stereocenters. The molecule has 0 saturated carbocycles. The van der Waals surface area contributed by atoms with Crippen molar-refractivity contribution in [2.45, 2.75) is 6.54 Å². The van der Waals surface area contributed by atoms with Gasteiger partial charge in [-0.25, -0.2) is 0 Å². The lowest BCUT2D eigenvalue weighted by molar-refractivity contribution is -0.431. The van der Waals surface area contributed by atoms with E-state index < -0.39 is 4.92 Å². The van der Waals surface area contributed by atoms with Gasteiger partial charge in [-0.05, 0) is 22.9 Å². The molecule has 4 nitrogen and oxygen atoms in total. The van der Waals surface area contributed by atoms with Crippen LogP contribution in [0.3, 0.4) is 0 Å². The Balaban J connectivity index is 2.37. The Morgan fingerprint density at radius 1 is 1.83 bits per heavy atom. The maximum absolute atomic E-state index is 10.1. The molecule has 0 amide bonds. The lowest BCUT2D eigenvalue weighted by atomic mass is 10.5. The molecule has 1 rings (SSSR count). The van der Waals surface area contributed by atoms with Crippen molar-refractivity contribution in [3.63, 3.8) is 0 Å². The van der Waals surface area contributed by atoms with Crippen LogP contribution in [0, 0.1) is 10.1 Å². The minimum absolute atomic E-state index is 0.164. The minimum Gasteiger partial charge on any atom is -0.358 e. The largest absolute Gasteiger partial charge is 0.358 e. The molecule has 0 fully saturated rings. The van der Waals surface area contributed by atoms with E-state index in [-0.39, 0.29) is 5.82 Å². The van der Waals surface area contributed by atoms with Gasteiger partial charge in [-0.3, -0.25) is 5.32 Å². The monoisotopic (exact) mass is 184 g/mol. The summed E-state index contributed by atoms with van der Waals surface area (Å²) in [6.07, 6.45) is 0. The van der Waals surface area contributed by atoms with E-state index in [1.165, 1.54) is 0 Å². The van der Waals surface area contributed by atoms with E-state index in [1.54, 1.807) is 11.3 Å². The molecule has 12 heavy (non-hydrogen) atoms. The maximum atomic E-state index is 10.1. The van der Waals surface area contributed by atoms with Crippen LogP contribution in [0.15, 0.2) is 29.9 Å².